The van der Waals surface area contributed by atoms with Gasteiger partial charge in [-0.05, 0) is 43.0 Å². The maximum absolute atomic E-state index is 6.10. The van der Waals surface area contributed by atoms with Gasteiger partial charge in [-0.1, -0.05) is 36.0 Å². The summed E-state index contributed by atoms with van der Waals surface area (Å²) in [6.07, 6.45) is 4.09. The quantitative estimate of drug-likeness (QED) is 0.831. The van der Waals surface area contributed by atoms with Gasteiger partial charge in [0.2, 0.25) is 0 Å². The first-order valence-electron chi connectivity index (χ1n) is 5.82. The van der Waals surface area contributed by atoms with Crippen LogP contribution in [0.25, 0.3) is 0 Å². The Morgan fingerprint density at radius 1 is 1.38 bits per heavy atom. The third-order valence-corrected chi connectivity index (χ3v) is 3.64. The van der Waals surface area contributed by atoms with E-state index < -0.39 is 0 Å². The van der Waals surface area contributed by atoms with Crippen LogP contribution in [-0.2, 0) is 6.54 Å². The van der Waals surface area contributed by atoms with Crippen LogP contribution in [0.1, 0.15) is 31.7 Å². The highest BCUT2D eigenvalue weighted by Crippen LogP contribution is 2.33. The Balaban J connectivity index is 1.85. The van der Waals surface area contributed by atoms with E-state index in [0.29, 0.717) is 6.04 Å². The fourth-order valence-electron chi connectivity index (χ4n) is 1.90. The predicted octanol–water partition coefficient (Wildman–Crippen LogP) is 4.27. The summed E-state index contributed by atoms with van der Waals surface area (Å²) in [6, 6.07) is 6.16. The van der Waals surface area contributed by atoms with Gasteiger partial charge in [0.05, 0.1) is 0 Å². The summed E-state index contributed by atoms with van der Waals surface area (Å²) in [5.41, 5.74) is 1.08. The van der Waals surface area contributed by atoms with Gasteiger partial charge >= 0.3 is 0 Å². The van der Waals surface area contributed by atoms with E-state index in [0.717, 1.165) is 28.1 Å². The number of rotatable bonds is 5. The lowest BCUT2D eigenvalue weighted by molar-refractivity contribution is 0.487. The van der Waals surface area contributed by atoms with Gasteiger partial charge in [0.15, 0.2) is 0 Å². The van der Waals surface area contributed by atoms with Crippen LogP contribution in [0.3, 0.4) is 0 Å². The molecule has 16 heavy (non-hydrogen) atoms. The van der Waals surface area contributed by atoms with Crippen LogP contribution < -0.4 is 5.32 Å². The molecular weight excluding hydrogens is 241 g/mol. The van der Waals surface area contributed by atoms with Crippen LogP contribution in [0, 0.1) is 5.92 Å². The van der Waals surface area contributed by atoms with Crippen LogP contribution in [-0.4, -0.2) is 6.04 Å². The molecule has 1 atom stereocenters. The van der Waals surface area contributed by atoms with E-state index in [1.807, 2.05) is 18.2 Å². The van der Waals surface area contributed by atoms with E-state index in [2.05, 4.69) is 12.2 Å². The first-order valence-corrected chi connectivity index (χ1v) is 6.58. The minimum atomic E-state index is 0.558. The lowest BCUT2D eigenvalue weighted by Crippen LogP contribution is -2.26. The van der Waals surface area contributed by atoms with Gasteiger partial charge in [-0.25, -0.2) is 0 Å². The molecule has 2 rings (SSSR count). The minimum Gasteiger partial charge on any atom is -0.310 e. The standard InChI is InChI=1S/C13H17Cl2N/c1-9(6-10-2-3-10)16-8-11-7-12(14)4-5-13(11)15/h4-5,7,9-10,16H,2-3,6,8H2,1H3. The molecule has 0 aliphatic heterocycles. The monoisotopic (exact) mass is 257 g/mol. The molecule has 1 aliphatic carbocycles. The molecule has 1 unspecified atom stereocenters. The summed E-state index contributed by atoms with van der Waals surface area (Å²) < 4.78 is 0. The Morgan fingerprint density at radius 3 is 2.81 bits per heavy atom. The van der Waals surface area contributed by atoms with E-state index in [4.69, 9.17) is 23.2 Å². The van der Waals surface area contributed by atoms with Crippen LogP contribution in [0.4, 0.5) is 0 Å². The van der Waals surface area contributed by atoms with Gasteiger partial charge in [0, 0.05) is 22.6 Å². The second-order valence-corrected chi connectivity index (χ2v) is 5.54. The summed E-state index contributed by atoms with van der Waals surface area (Å²) in [6.45, 7) is 3.03. The fourth-order valence-corrected chi connectivity index (χ4v) is 2.28. The number of nitrogens with one attached hydrogen (secondary N) is 1. The van der Waals surface area contributed by atoms with Crippen molar-refractivity contribution in [3.8, 4) is 0 Å². The van der Waals surface area contributed by atoms with E-state index in [9.17, 15) is 0 Å². The van der Waals surface area contributed by atoms with Gasteiger partial charge in [-0.3, -0.25) is 0 Å². The zero-order chi connectivity index (χ0) is 11.5. The lowest BCUT2D eigenvalue weighted by Gasteiger charge is -2.14. The maximum Gasteiger partial charge on any atom is 0.0451 e. The molecule has 1 saturated carbocycles. The molecule has 3 heteroatoms. The molecule has 0 saturated heterocycles. The van der Waals surface area contributed by atoms with E-state index in [-0.39, 0.29) is 0 Å². The highest BCUT2D eigenvalue weighted by molar-refractivity contribution is 6.33. The molecule has 1 aliphatic rings. The number of benzene rings is 1. The van der Waals surface area contributed by atoms with Crippen molar-refractivity contribution in [2.45, 2.75) is 38.8 Å². The average molecular weight is 258 g/mol. The molecule has 0 bridgehead atoms. The highest BCUT2D eigenvalue weighted by atomic mass is 35.5. The molecule has 1 nitrogen and oxygen atoms in total. The second kappa shape index (κ2) is 5.39. The Labute approximate surface area is 107 Å². The van der Waals surface area contributed by atoms with E-state index >= 15 is 0 Å². The summed E-state index contributed by atoms with van der Waals surface area (Å²) >= 11 is 12.0. The SMILES string of the molecule is CC(CC1CC1)NCc1cc(Cl)ccc1Cl. The largest absolute Gasteiger partial charge is 0.310 e. The summed E-state index contributed by atoms with van der Waals surface area (Å²) in [5, 5.41) is 5.03. The molecule has 0 radical (unpaired) electrons. The molecule has 0 amide bonds. The Morgan fingerprint density at radius 2 is 2.12 bits per heavy atom. The first kappa shape index (κ1) is 12.2. The van der Waals surface area contributed by atoms with Crippen molar-refractivity contribution in [1.29, 1.82) is 0 Å². The Bertz CT molecular complexity index is 361. The highest BCUT2D eigenvalue weighted by Gasteiger charge is 2.23. The zero-order valence-electron chi connectivity index (χ0n) is 9.47. The maximum atomic E-state index is 6.10. The smallest absolute Gasteiger partial charge is 0.0451 e. The van der Waals surface area contributed by atoms with Crippen LogP contribution in [0.2, 0.25) is 10.0 Å². The van der Waals surface area contributed by atoms with Crippen LogP contribution >= 0.6 is 23.2 Å². The van der Waals surface area contributed by atoms with Crippen molar-refractivity contribution >= 4 is 23.2 Å². The Hall–Kier alpha value is -0.240. The van der Waals surface area contributed by atoms with E-state index in [1.165, 1.54) is 19.3 Å². The molecule has 1 N–H and O–H groups in total. The van der Waals surface area contributed by atoms with Crippen LogP contribution in [0.15, 0.2) is 18.2 Å². The number of hydrogen-bond donors (Lipinski definition) is 1. The molecular formula is C13H17Cl2N. The summed E-state index contributed by atoms with van der Waals surface area (Å²) in [4.78, 5) is 0. The third-order valence-electron chi connectivity index (χ3n) is 3.03. The molecule has 1 fully saturated rings. The first-order chi connectivity index (χ1) is 7.65. The average Bonchev–Trinajstić information content (AvgIpc) is 3.03. The molecule has 0 spiro atoms. The molecule has 88 valence electrons. The molecule has 1 aromatic rings. The number of hydrogen-bond acceptors (Lipinski definition) is 1. The van der Waals surface area contributed by atoms with Crippen molar-refractivity contribution in [3.05, 3.63) is 33.8 Å². The third kappa shape index (κ3) is 3.65. The number of halogens is 2. The second-order valence-electron chi connectivity index (χ2n) is 4.70. The summed E-state index contributed by atoms with van der Waals surface area (Å²) in [7, 11) is 0. The van der Waals surface area contributed by atoms with Crippen LogP contribution in [0.5, 0.6) is 0 Å². The van der Waals surface area contributed by atoms with Gasteiger partial charge in [0.25, 0.3) is 0 Å². The summed E-state index contributed by atoms with van der Waals surface area (Å²) in [5.74, 6) is 0.956. The zero-order valence-corrected chi connectivity index (χ0v) is 11.0. The fraction of sp³-hybridized carbons (Fsp3) is 0.538. The topological polar surface area (TPSA) is 12.0 Å². The van der Waals surface area contributed by atoms with E-state index in [1.54, 1.807) is 0 Å². The van der Waals surface area contributed by atoms with Gasteiger partial charge in [-0.2, -0.15) is 0 Å². The minimum absolute atomic E-state index is 0.558. The molecule has 0 heterocycles. The normalized spacial score (nSPS) is 17.4. The lowest BCUT2D eigenvalue weighted by atomic mass is 10.1. The van der Waals surface area contributed by atoms with Crippen molar-refractivity contribution in [1.82, 2.24) is 5.32 Å². The van der Waals surface area contributed by atoms with Crippen molar-refractivity contribution in [3.63, 3.8) is 0 Å². The Kier molecular flexibility index (Phi) is 4.12. The van der Waals surface area contributed by atoms with Gasteiger partial charge in [0.1, 0.15) is 0 Å². The molecule has 1 aromatic carbocycles. The predicted molar refractivity (Wildman–Crippen MR) is 70.1 cm³/mol. The van der Waals surface area contributed by atoms with Gasteiger partial charge in [-0.15, -0.1) is 0 Å². The van der Waals surface area contributed by atoms with Crippen molar-refractivity contribution in [2.24, 2.45) is 5.92 Å². The molecule has 0 aromatic heterocycles. The van der Waals surface area contributed by atoms with Crippen molar-refractivity contribution < 1.29 is 0 Å². The van der Waals surface area contributed by atoms with Gasteiger partial charge < -0.3 is 5.32 Å². The van der Waals surface area contributed by atoms with Crippen molar-refractivity contribution in [2.75, 3.05) is 0 Å².